The molecular formula is C14H21N3O4S. The van der Waals surface area contributed by atoms with Crippen LogP contribution in [0.25, 0.3) is 0 Å². The normalized spacial score (nSPS) is 20.0. The van der Waals surface area contributed by atoms with Crippen molar-refractivity contribution in [2.45, 2.75) is 4.90 Å². The lowest BCUT2D eigenvalue weighted by Gasteiger charge is -2.33. The summed E-state index contributed by atoms with van der Waals surface area (Å²) >= 11 is 0. The van der Waals surface area contributed by atoms with Crippen molar-refractivity contribution < 1.29 is 17.9 Å². The van der Waals surface area contributed by atoms with Gasteiger partial charge in [-0.1, -0.05) is 0 Å². The quantitative estimate of drug-likeness (QED) is 0.819. The minimum Gasteiger partial charge on any atom is -0.486 e. The Balaban J connectivity index is 1.76. The molecule has 0 radical (unpaired) electrons. The summed E-state index contributed by atoms with van der Waals surface area (Å²) in [4.78, 5) is 2.43. The minimum atomic E-state index is -3.49. The van der Waals surface area contributed by atoms with Crippen LogP contribution in [0, 0.1) is 0 Å². The maximum absolute atomic E-state index is 12.7. The van der Waals surface area contributed by atoms with Gasteiger partial charge in [-0.3, -0.25) is 4.90 Å². The topological polar surface area (TPSA) is 85.1 Å². The third kappa shape index (κ3) is 3.05. The zero-order chi connectivity index (χ0) is 15.6. The first-order chi connectivity index (χ1) is 10.6. The van der Waals surface area contributed by atoms with E-state index in [-0.39, 0.29) is 4.90 Å². The highest BCUT2D eigenvalue weighted by Crippen LogP contribution is 2.33. The molecule has 0 aromatic heterocycles. The second-order valence-corrected chi connectivity index (χ2v) is 7.28. The lowest BCUT2D eigenvalue weighted by Crippen LogP contribution is -2.49. The molecule has 1 saturated heterocycles. The molecule has 3 rings (SSSR count). The van der Waals surface area contributed by atoms with E-state index < -0.39 is 10.0 Å². The fourth-order valence-corrected chi connectivity index (χ4v) is 4.15. The Morgan fingerprint density at radius 2 is 1.73 bits per heavy atom. The number of rotatable bonds is 4. The van der Waals surface area contributed by atoms with E-state index in [2.05, 4.69) is 4.90 Å². The molecule has 0 bridgehead atoms. The number of ether oxygens (including phenoxy) is 2. The van der Waals surface area contributed by atoms with E-state index in [4.69, 9.17) is 15.2 Å². The monoisotopic (exact) mass is 327 g/mol. The molecule has 0 aliphatic carbocycles. The van der Waals surface area contributed by atoms with Gasteiger partial charge in [-0.05, 0) is 12.1 Å². The van der Waals surface area contributed by atoms with Crippen LogP contribution in [0.5, 0.6) is 11.5 Å². The predicted molar refractivity (Wildman–Crippen MR) is 81.7 cm³/mol. The van der Waals surface area contributed by atoms with Gasteiger partial charge in [0.25, 0.3) is 0 Å². The summed E-state index contributed by atoms with van der Waals surface area (Å²) in [7, 11) is -3.49. The summed E-state index contributed by atoms with van der Waals surface area (Å²) in [5.74, 6) is 1.09. The third-order valence-electron chi connectivity index (χ3n) is 3.93. The van der Waals surface area contributed by atoms with E-state index in [9.17, 15) is 8.42 Å². The number of nitrogens with two attached hydrogens (primary N) is 1. The summed E-state index contributed by atoms with van der Waals surface area (Å²) in [5, 5.41) is 0. The van der Waals surface area contributed by atoms with E-state index in [1.807, 2.05) is 0 Å². The third-order valence-corrected chi connectivity index (χ3v) is 5.82. The highest BCUT2D eigenvalue weighted by atomic mass is 32.2. The second kappa shape index (κ2) is 6.41. The van der Waals surface area contributed by atoms with Gasteiger partial charge in [0, 0.05) is 45.3 Å². The van der Waals surface area contributed by atoms with Crippen molar-refractivity contribution in [1.82, 2.24) is 9.21 Å². The van der Waals surface area contributed by atoms with Gasteiger partial charge < -0.3 is 15.2 Å². The predicted octanol–water partition coefficient (Wildman–Crippen LogP) is -0.277. The zero-order valence-corrected chi connectivity index (χ0v) is 13.2. The van der Waals surface area contributed by atoms with Gasteiger partial charge in [-0.2, -0.15) is 4.31 Å². The number of sulfonamides is 1. The molecule has 0 atom stereocenters. The fourth-order valence-electron chi connectivity index (χ4n) is 2.71. The Hall–Kier alpha value is -1.35. The van der Waals surface area contributed by atoms with Gasteiger partial charge in [-0.25, -0.2) is 8.42 Å². The van der Waals surface area contributed by atoms with Crippen LogP contribution in [0.2, 0.25) is 0 Å². The van der Waals surface area contributed by atoms with Crippen LogP contribution in [0.15, 0.2) is 23.1 Å². The average Bonchev–Trinajstić information content (AvgIpc) is 2.55. The van der Waals surface area contributed by atoms with Crippen molar-refractivity contribution in [1.29, 1.82) is 0 Å². The van der Waals surface area contributed by atoms with Gasteiger partial charge in [-0.15, -0.1) is 0 Å². The SMILES string of the molecule is NCCN1CCN(S(=O)(=O)c2ccc3c(c2)OCCO3)CC1. The van der Waals surface area contributed by atoms with Gasteiger partial charge in [0.1, 0.15) is 13.2 Å². The fraction of sp³-hybridized carbons (Fsp3) is 0.571. The summed E-state index contributed by atoms with van der Waals surface area (Å²) in [6, 6.07) is 4.79. The molecule has 1 aromatic carbocycles. The number of nitrogens with zero attached hydrogens (tertiary/aromatic N) is 2. The molecule has 2 N–H and O–H groups in total. The molecule has 2 aliphatic heterocycles. The lowest BCUT2D eigenvalue weighted by molar-refractivity contribution is 0.171. The van der Waals surface area contributed by atoms with E-state index in [0.717, 1.165) is 6.54 Å². The highest BCUT2D eigenvalue weighted by molar-refractivity contribution is 7.89. The summed E-state index contributed by atoms with van der Waals surface area (Å²) in [5.41, 5.74) is 5.54. The van der Waals surface area contributed by atoms with Crippen molar-refractivity contribution >= 4 is 10.0 Å². The van der Waals surface area contributed by atoms with Crippen molar-refractivity contribution in [3.8, 4) is 11.5 Å². The van der Waals surface area contributed by atoms with Gasteiger partial charge >= 0.3 is 0 Å². The number of hydrogen-bond acceptors (Lipinski definition) is 6. The molecule has 0 saturated carbocycles. The smallest absolute Gasteiger partial charge is 0.243 e. The number of piperazine rings is 1. The van der Waals surface area contributed by atoms with Crippen LogP contribution in [0.1, 0.15) is 0 Å². The van der Waals surface area contributed by atoms with Crippen molar-refractivity contribution in [2.24, 2.45) is 5.73 Å². The van der Waals surface area contributed by atoms with E-state index in [1.165, 1.54) is 4.31 Å². The summed E-state index contributed by atoms with van der Waals surface area (Å²) in [6.45, 7) is 4.71. The van der Waals surface area contributed by atoms with Crippen LogP contribution in [-0.4, -0.2) is 70.1 Å². The Bertz CT molecular complexity index is 627. The van der Waals surface area contributed by atoms with Crippen molar-refractivity contribution in [3.63, 3.8) is 0 Å². The molecular weight excluding hydrogens is 306 g/mol. The van der Waals surface area contributed by atoms with Gasteiger partial charge in [0.2, 0.25) is 10.0 Å². The molecule has 122 valence electrons. The highest BCUT2D eigenvalue weighted by Gasteiger charge is 2.29. The maximum atomic E-state index is 12.7. The van der Waals surface area contributed by atoms with Crippen molar-refractivity contribution in [2.75, 3.05) is 52.5 Å². The Morgan fingerprint density at radius 3 is 2.41 bits per heavy atom. The Kier molecular flexibility index (Phi) is 4.53. The second-order valence-electron chi connectivity index (χ2n) is 5.34. The summed E-state index contributed by atoms with van der Waals surface area (Å²) in [6.07, 6.45) is 0. The molecule has 2 heterocycles. The van der Waals surface area contributed by atoms with Crippen LogP contribution in [-0.2, 0) is 10.0 Å². The van der Waals surface area contributed by atoms with Crippen molar-refractivity contribution in [3.05, 3.63) is 18.2 Å². The Labute approximate surface area is 130 Å². The lowest BCUT2D eigenvalue weighted by atomic mass is 10.3. The van der Waals surface area contributed by atoms with Gasteiger partial charge in [0.05, 0.1) is 4.90 Å². The van der Waals surface area contributed by atoms with Crippen LogP contribution < -0.4 is 15.2 Å². The van der Waals surface area contributed by atoms with E-state index in [1.54, 1.807) is 18.2 Å². The average molecular weight is 327 g/mol. The van der Waals surface area contributed by atoms with Crippen LogP contribution in [0.4, 0.5) is 0 Å². The first kappa shape index (κ1) is 15.5. The van der Waals surface area contributed by atoms with E-state index in [0.29, 0.717) is 57.4 Å². The molecule has 7 nitrogen and oxygen atoms in total. The molecule has 0 unspecified atom stereocenters. The molecule has 1 fully saturated rings. The number of benzene rings is 1. The molecule has 22 heavy (non-hydrogen) atoms. The molecule has 0 spiro atoms. The molecule has 2 aliphatic rings. The standard InChI is InChI=1S/C14H21N3O4S/c15-3-4-16-5-7-17(8-6-16)22(18,19)12-1-2-13-14(11-12)21-10-9-20-13/h1-2,11H,3-10,15H2. The van der Waals surface area contributed by atoms with Crippen LogP contribution in [0.3, 0.4) is 0 Å². The maximum Gasteiger partial charge on any atom is 0.243 e. The van der Waals surface area contributed by atoms with E-state index >= 15 is 0 Å². The molecule has 8 heteroatoms. The number of hydrogen-bond donors (Lipinski definition) is 1. The Morgan fingerprint density at radius 1 is 1.05 bits per heavy atom. The van der Waals surface area contributed by atoms with Crippen LogP contribution >= 0.6 is 0 Å². The molecule has 1 aromatic rings. The minimum absolute atomic E-state index is 0.254. The largest absolute Gasteiger partial charge is 0.486 e. The first-order valence-electron chi connectivity index (χ1n) is 7.43. The summed E-state index contributed by atoms with van der Waals surface area (Å²) < 4.78 is 37.9. The molecule has 0 amide bonds. The zero-order valence-electron chi connectivity index (χ0n) is 12.4. The number of fused-ring (bicyclic) bond motifs is 1. The first-order valence-corrected chi connectivity index (χ1v) is 8.87. The van der Waals surface area contributed by atoms with Gasteiger partial charge in [0.15, 0.2) is 11.5 Å².